The zero-order valence-electron chi connectivity index (χ0n) is 7.08. The Morgan fingerprint density at radius 3 is 2.69 bits per heavy atom. The second kappa shape index (κ2) is 3.72. The minimum Gasteiger partial charge on any atom is -0.326 e. The summed E-state index contributed by atoms with van der Waals surface area (Å²) in [6.07, 6.45) is 0. The molecule has 0 unspecified atom stereocenters. The maximum Gasteiger partial charge on any atom is 0.270 e. The Kier molecular flexibility index (Phi) is 2.85. The minimum atomic E-state index is -0.456. The van der Waals surface area contributed by atoms with E-state index >= 15 is 0 Å². The van der Waals surface area contributed by atoms with E-state index in [1.165, 1.54) is 12.1 Å². The Bertz CT molecular complexity index is 352. The van der Waals surface area contributed by atoms with Crippen molar-refractivity contribution < 1.29 is 4.92 Å². The van der Waals surface area contributed by atoms with Gasteiger partial charge in [0.1, 0.15) is 0 Å². The molecule has 0 aliphatic heterocycles. The first-order valence-corrected chi connectivity index (χ1v) is 4.07. The Hall–Kier alpha value is -1.13. The number of hydrogen-bond acceptors (Lipinski definition) is 3. The number of nitrogens with two attached hydrogens (primary N) is 1. The molecule has 1 aromatic carbocycles. The summed E-state index contributed by atoms with van der Waals surface area (Å²) in [6.45, 7) is 1.93. The van der Waals surface area contributed by atoms with E-state index in [1.807, 2.05) is 0 Å². The monoisotopic (exact) mass is 200 g/mol. The van der Waals surface area contributed by atoms with Crippen LogP contribution in [0.25, 0.3) is 0 Å². The zero-order chi connectivity index (χ0) is 10.0. The Balaban J connectivity index is 3.30. The van der Waals surface area contributed by atoms with Crippen LogP contribution in [-0.2, 0) is 6.54 Å². The van der Waals surface area contributed by atoms with Gasteiger partial charge >= 0.3 is 0 Å². The van der Waals surface area contributed by atoms with Crippen molar-refractivity contribution in [2.75, 3.05) is 0 Å². The maximum atomic E-state index is 10.5. The Labute approximate surface area is 80.5 Å². The van der Waals surface area contributed by atoms with Crippen LogP contribution in [0.2, 0.25) is 5.02 Å². The summed E-state index contributed by atoms with van der Waals surface area (Å²) in [6, 6.07) is 2.83. The van der Waals surface area contributed by atoms with Gasteiger partial charge in [-0.05, 0) is 18.1 Å². The number of nitro groups is 1. The average molecular weight is 201 g/mol. The van der Waals surface area contributed by atoms with E-state index in [1.54, 1.807) is 6.92 Å². The lowest BCUT2D eigenvalue weighted by molar-refractivity contribution is -0.385. The molecule has 70 valence electrons. The van der Waals surface area contributed by atoms with Crippen LogP contribution in [0.1, 0.15) is 11.1 Å². The second-order valence-electron chi connectivity index (χ2n) is 2.70. The molecule has 0 heterocycles. The smallest absolute Gasteiger partial charge is 0.270 e. The molecule has 0 bridgehead atoms. The Morgan fingerprint density at radius 1 is 1.62 bits per heavy atom. The van der Waals surface area contributed by atoms with E-state index < -0.39 is 4.92 Å². The molecule has 0 spiro atoms. The van der Waals surface area contributed by atoms with Crippen molar-refractivity contribution in [3.05, 3.63) is 38.4 Å². The van der Waals surface area contributed by atoms with Crippen molar-refractivity contribution in [3.63, 3.8) is 0 Å². The van der Waals surface area contributed by atoms with E-state index in [0.29, 0.717) is 16.1 Å². The molecule has 0 amide bonds. The van der Waals surface area contributed by atoms with Crippen LogP contribution in [0.15, 0.2) is 12.1 Å². The zero-order valence-corrected chi connectivity index (χ0v) is 7.84. The molecule has 2 N–H and O–H groups in total. The van der Waals surface area contributed by atoms with E-state index in [-0.39, 0.29) is 12.2 Å². The van der Waals surface area contributed by atoms with Gasteiger partial charge in [-0.2, -0.15) is 0 Å². The van der Waals surface area contributed by atoms with Crippen LogP contribution in [0.3, 0.4) is 0 Å². The lowest BCUT2D eigenvalue weighted by Crippen LogP contribution is -2.00. The summed E-state index contributed by atoms with van der Waals surface area (Å²) in [4.78, 5) is 10.00. The molecule has 13 heavy (non-hydrogen) atoms. The highest BCUT2D eigenvalue weighted by Crippen LogP contribution is 2.25. The molecular weight excluding hydrogens is 192 g/mol. The third-order valence-corrected chi connectivity index (χ3v) is 2.29. The van der Waals surface area contributed by atoms with Crippen molar-refractivity contribution >= 4 is 17.3 Å². The average Bonchev–Trinajstić information content (AvgIpc) is 2.09. The first-order valence-electron chi connectivity index (χ1n) is 3.69. The van der Waals surface area contributed by atoms with E-state index in [2.05, 4.69) is 0 Å². The summed E-state index contributed by atoms with van der Waals surface area (Å²) in [7, 11) is 0. The van der Waals surface area contributed by atoms with Crippen LogP contribution >= 0.6 is 11.6 Å². The molecule has 1 aromatic rings. The number of halogens is 1. The number of nitrogens with zero attached hydrogens (tertiary/aromatic N) is 1. The summed E-state index contributed by atoms with van der Waals surface area (Å²) in [5, 5.41) is 11.0. The van der Waals surface area contributed by atoms with Crippen LogP contribution < -0.4 is 5.73 Å². The maximum absolute atomic E-state index is 10.5. The molecule has 0 aromatic heterocycles. The van der Waals surface area contributed by atoms with Crippen molar-refractivity contribution in [2.45, 2.75) is 13.5 Å². The quantitative estimate of drug-likeness (QED) is 0.587. The van der Waals surface area contributed by atoms with Crippen LogP contribution in [0, 0.1) is 17.0 Å². The molecular formula is C8H9ClN2O2. The Morgan fingerprint density at radius 2 is 2.23 bits per heavy atom. The fourth-order valence-electron chi connectivity index (χ4n) is 1.08. The van der Waals surface area contributed by atoms with Gasteiger partial charge in [0.15, 0.2) is 0 Å². The van der Waals surface area contributed by atoms with E-state index in [0.717, 1.165) is 0 Å². The summed E-state index contributed by atoms with van der Waals surface area (Å²) >= 11 is 5.87. The minimum absolute atomic E-state index is 0.0300. The first kappa shape index (κ1) is 9.95. The third kappa shape index (κ3) is 1.96. The van der Waals surface area contributed by atoms with Gasteiger partial charge in [-0.25, -0.2) is 0 Å². The molecule has 0 aliphatic carbocycles. The van der Waals surface area contributed by atoms with Gasteiger partial charge in [0, 0.05) is 23.7 Å². The topological polar surface area (TPSA) is 69.2 Å². The predicted octanol–water partition coefficient (Wildman–Crippen LogP) is 2.02. The number of aryl methyl sites for hydroxylation is 1. The lowest BCUT2D eigenvalue weighted by atomic mass is 10.1. The van der Waals surface area contributed by atoms with Crippen molar-refractivity contribution in [3.8, 4) is 0 Å². The van der Waals surface area contributed by atoms with Gasteiger partial charge in [-0.15, -0.1) is 0 Å². The fourth-order valence-corrected chi connectivity index (χ4v) is 1.26. The molecule has 5 heteroatoms. The van der Waals surface area contributed by atoms with Gasteiger partial charge in [0.25, 0.3) is 5.69 Å². The number of nitro benzene ring substituents is 1. The van der Waals surface area contributed by atoms with Gasteiger partial charge < -0.3 is 5.73 Å². The van der Waals surface area contributed by atoms with Gasteiger partial charge in [0.05, 0.1) is 4.92 Å². The van der Waals surface area contributed by atoms with Gasteiger partial charge in [-0.1, -0.05) is 11.6 Å². The van der Waals surface area contributed by atoms with Gasteiger partial charge in [-0.3, -0.25) is 10.1 Å². The predicted molar refractivity (Wildman–Crippen MR) is 50.7 cm³/mol. The number of non-ortho nitro benzene ring substituents is 1. The largest absolute Gasteiger partial charge is 0.326 e. The molecule has 1 rings (SSSR count). The van der Waals surface area contributed by atoms with E-state index in [9.17, 15) is 10.1 Å². The first-order chi connectivity index (χ1) is 6.06. The third-order valence-electron chi connectivity index (χ3n) is 1.75. The highest BCUT2D eigenvalue weighted by molar-refractivity contribution is 6.32. The number of rotatable bonds is 2. The molecule has 0 fully saturated rings. The highest BCUT2D eigenvalue weighted by Gasteiger charge is 2.11. The molecule has 0 aliphatic rings. The molecule has 0 radical (unpaired) electrons. The molecule has 0 saturated heterocycles. The van der Waals surface area contributed by atoms with Crippen molar-refractivity contribution in [1.82, 2.24) is 0 Å². The molecule has 0 saturated carbocycles. The number of hydrogen-bond donors (Lipinski definition) is 1. The molecule has 0 atom stereocenters. The fraction of sp³-hybridized carbons (Fsp3) is 0.250. The number of benzene rings is 1. The standard InChI is InChI=1S/C8H9ClN2O2/c1-5-2-7(11(12)13)3-6(4-10)8(5)9/h2-3H,4,10H2,1H3. The van der Waals surface area contributed by atoms with Crippen LogP contribution in [-0.4, -0.2) is 4.92 Å². The van der Waals surface area contributed by atoms with E-state index in [4.69, 9.17) is 17.3 Å². The highest BCUT2D eigenvalue weighted by atomic mass is 35.5. The normalized spacial score (nSPS) is 10.1. The van der Waals surface area contributed by atoms with Gasteiger partial charge in [0.2, 0.25) is 0 Å². The second-order valence-corrected chi connectivity index (χ2v) is 3.07. The van der Waals surface area contributed by atoms with Crippen LogP contribution in [0.5, 0.6) is 0 Å². The lowest BCUT2D eigenvalue weighted by Gasteiger charge is -2.03. The van der Waals surface area contributed by atoms with Crippen molar-refractivity contribution in [2.24, 2.45) is 5.73 Å². The van der Waals surface area contributed by atoms with Crippen molar-refractivity contribution in [1.29, 1.82) is 0 Å². The van der Waals surface area contributed by atoms with Crippen LogP contribution in [0.4, 0.5) is 5.69 Å². The summed E-state index contributed by atoms with van der Waals surface area (Å²) < 4.78 is 0. The summed E-state index contributed by atoms with van der Waals surface area (Å²) in [5.74, 6) is 0. The molecule has 4 nitrogen and oxygen atoms in total. The summed E-state index contributed by atoms with van der Waals surface area (Å²) in [5.41, 5.74) is 6.69. The SMILES string of the molecule is Cc1cc([N+](=O)[O-])cc(CN)c1Cl.